The van der Waals surface area contributed by atoms with Crippen molar-refractivity contribution in [3.8, 4) is 0 Å². The maximum atomic E-state index is 12.0. The minimum atomic E-state index is 0.0799. The molecule has 100 valence electrons. The Labute approximate surface area is 117 Å². The van der Waals surface area contributed by atoms with Crippen LogP contribution in [0.3, 0.4) is 0 Å². The van der Waals surface area contributed by atoms with Crippen molar-refractivity contribution in [2.24, 2.45) is 0 Å². The first-order chi connectivity index (χ1) is 9.16. The smallest absolute Gasteiger partial charge is 0.223 e. The van der Waals surface area contributed by atoms with Crippen LogP contribution in [-0.4, -0.2) is 27.8 Å². The lowest BCUT2D eigenvalue weighted by Gasteiger charge is -2.15. The molecule has 5 heteroatoms. The van der Waals surface area contributed by atoms with Crippen LogP contribution in [0, 0.1) is 0 Å². The standard InChI is InChI=1S/C14H16ClN3O/c1-18(10-13-16-8-9-17-13)14(19)7-6-11-4-2-3-5-12(11)15/h2-5,8-9H,6-7,10H2,1H3,(H,16,17). The van der Waals surface area contributed by atoms with Crippen LogP contribution in [-0.2, 0) is 17.8 Å². The Morgan fingerprint density at radius 1 is 1.42 bits per heavy atom. The SMILES string of the molecule is CN(Cc1ncc[nH]1)C(=O)CCc1ccccc1Cl. The highest BCUT2D eigenvalue weighted by molar-refractivity contribution is 6.31. The number of rotatable bonds is 5. The average Bonchev–Trinajstić information content (AvgIpc) is 2.90. The van der Waals surface area contributed by atoms with Gasteiger partial charge >= 0.3 is 0 Å². The van der Waals surface area contributed by atoms with E-state index in [-0.39, 0.29) is 5.91 Å². The number of carbonyl (C=O) groups is 1. The molecule has 0 radical (unpaired) electrons. The Balaban J connectivity index is 1.86. The molecule has 2 rings (SSSR count). The van der Waals surface area contributed by atoms with E-state index in [0.717, 1.165) is 11.4 Å². The minimum absolute atomic E-state index is 0.0799. The molecule has 1 N–H and O–H groups in total. The molecule has 0 saturated heterocycles. The van der Waals surface area contributed by atoms with Crippen molar-refractivity contribution in [1.82, 2.24) is 14.9 Å². The number of hydrogen-bond donors (Lipinski definition) is 1. The number of benzene rings is 1. The van der Waals surface area contributed by atoms with E-state index in [0.29, 0.717) is 24.4 Å². The first kappa shape index (κ1) is 13.6. The average molecular weight is 278 g/mol. The number of aromatic amines is 1. The fraction of sp³-hybridized carbons (Fsp3) is 0.286. The molecule has 0 saturated carbocycles. The van der Waals surface area contributed by atoms with Gasteiger partial charge in [0.1, 0.15) is 5.82 Å². The maximum absolute atomic E-state index is 12.0. The lowest BCUT2D eigenvalue weighted by Crippen LogP contribution is -2.26. The van der Waals surface area contributed by atoms with Gasteiger partial charge < -0.3 is 9.88 Å². The molecule has 0 bridgehead atoms. The Kier molecular flexibility index (Phi) is 4.58. The summed E-state index contributed by atoms with van der Waals surface area (Å²) in [6, 6.07) is 7.60. The van der Waals surface area contributed by atoms with Crippen LogP contribution in [0.5, 0.6) is 0 Å². The third-order valence-corrected chi connectivity index (χ3v) is 3.30. The van der Waals surface area contributed by atoms with Gasteiger partial charge in [0.05, 0.1) is 6.54 Å². The molecule has 0 aliphatic carbocycles. The van der Waals surface area contributed by atoms with Gasteiger partial charge in [0, 0.05) is 30.9 Å². The van der Waals surface area contributed by atoms with Crippen LogP contribution < -0.4 is 0 Å². The van der Waals surface area contributed by atoms with Gasteiger partial charge in [0.2, 0.25) is 5.91 Å². The molecule has 0 aliphatic heterocycles. The summed E-state index contributed by atoms with van der Waals surface area (Å²) in [6.45, 7) is 0.494. The molecule has 1 heterocycles. The summed E-state index contributed by atoms with van der Waals surface area (Å²) in [7, 11) is 1.78. The summed E-state index contributed by atoms with van der Waals surface area (Å²) in [6.07, 6.45) is 4.52. The fourth-order valence-electron chi connectivity index (χ4n) is 1.83. The van der Waals surface area contributed by atoms with Gasteiger partial charge in [0.15, 0.2) is 0 Å². The Morgan fingerprint density at radius 2 is 2.21 bits per heavy atom. The highest BCUT2D eigenvalue weighted by atomic mass is 35.5. The number of halogens is 1. The molecule has 4 nitrogen and oxygen atoms in total. The van der Waals surface area contributed by atoms with Gasteiger partial charge in [-0.25, -0.2) is 4.98 Å². The van der Waals surface area contributed by atoms with E-state index >= 15 is 0 Å². The molecule has 0 unspecified atom stereocenters. The van der Waals surface area contributed by atoms with Crippen molar-refractivity contribution in [1.29, 1.82) is 0 Å². The van der Waals surface area contributed by atoms with Gasteiger partial charge in [0.25, 0.3) is 0 Å². The summed E-state index contributed by atoms with van der Waals surface area (Å²) in [4.78, 5) is 20.7. The highest BCUT2D eigenvalue weighted by Gasteiger charge is 2.11. The van der Waals surface area contributed by atoms with E-state index < -0.39 is 0 Å². The molecule has 2 aromatic rings. The molecule has 0 aliphatic rings. The second kappa shape index (κ2) is 6.38. The second-order valence-corrected chi connectivity index (χ2v) is 4.78. The van der Waals surface area contributed by atoms with Crippen molar-refractivity contribution in [2.75, 3.05) is 7.05 Å². The van der Waals surface area contributed by atoms with E-state index in [1.807, 2.05) is 24.3 Å². The largest absolute Gasteiger partial charge is 0.347 e. The molecule has 19 heavy (non-hydrogen) atoms. The topological polar surface area (TPSA) is 49.0 Å². The van der Waals surface area contributed by atoms with E-state index in [2.05, 4.69) is 9.97 Å². The predicted octanol–water partition coefficient (Wildman–Crippen LogP) is 2.65. The van der Waals surface area contributed by atoms with Crippen LogP contribution in [0.15, 0.2) is 36.7 Å². The Morgan fingerprint density at radius 3 is 2.89 bits per heavy atom. The molecule has 1 aromatic carbocycles. The first-order valence-corrected chi connectivity index (χ1v) is 6.50. The van der Waals surface area contributed by atoms with Crippen molar-refractivity contribution in [3.63, 3.8) is 0 Å². The zero-order valence-corrected chi connectivity index (χ0v) is 11.5. The van der Waals surface area contributed by atoms with Crippen molar-refractivity contribution < 1.29 is 4.79 Å². The zero-order valence-electron chi connectivity index (χ0n) is 10.8. The quantitative estimate of drug-likeness (QED) is 0.913. The number of H-pyrrole nitrogens is 1. The summed E-state index contributed by atoms with van der Waals surface area (Å²) < 4.78 is 0. The van der Waals surface area contributed by atoms with Gasteiger partial charge in [-0.2, -0.15) is 0 Å². The summed E-state index contributed by atoms with van der Waals surface area (Å²) >= 11 is 6.06. The molecule has 0 fully saturated rings. The van der Waals surface area contributed by atoms with Gasteiger partial charge in [-0.15, -0.1) is 0 Å². The summed E-state index contributed by atoms with van der Waals surface area (Å²) in [5, 5.41) is 0.712. The number of carbonyl (C=O) groups excluding carboxylic acids is 1. The molecule has 0 atom stereocenters. The van der Waals surface area contributed by atoms with Crippen LogP contribution >= 0.6 is 11.6 Å². The molecular formula is C14H16ClN3O. The number of nitrogens with one attached hydrogen (secondary N) is 1. The van der Waals surface area contributed by atoms with Crippen LogP contribution in [0.25, 0.3) is 0 Å². The lowest BCUT2D eigenvalue weighted by atomic mass is 10.1. The van der Waals surface area contributed by atoms with Gasteiger partial charge in [-0.3, -0.25) is 4.79 Å². The monoisotopic (exact) mass is 277 g/mol. The van der Waals surface area contributed by atoms with Crippen LogP contribution in [0.4, 0.5) is 0 Å². The van der Waals surface area contributed by atoms with E-state index in [1.54, 1.807) is 24.3 Å². The number of aryl methyl sites for hydroxylation is 1. The summed E-state index contributed by atoms with van der Waals surface area (Å²) in [5.74, 6) is 0.866. The molecule has 1 amide bonds. The molecule has 0 spiro atoms. The second-order valence-electron chi connectivity index (χ2n) is 4.38. The first-order valence-electron chi connectivity index (χ1n) is 6.12. The Hall–Kier alpha value is -1.81. The van der Waals surface area contributed by atoms with Crippen molar-refractivity contribution in [3.05, 3.63) is 53.1 Å². The minimum Gasteiger partial charge on any atom is -0.347 e. The van der Waals surface area contributed by atoms with Crippen molar-refractivity contribution >= 4 is 17.5 Å². The normalized spacial score (nSPS) is 10.4. The third kappa shape index (κ3) is 3.83. The third-order valence-electron chi connectivity index (χ3n) is 2.93. The fourth-order valence-corrected chi connectivity index (χ4v) is 2.06. The van der Waals surface area contributed by atoms with Gasteiger partial charge in [-0.1, -0.05) is 29.8 Å². The number of imidazole rings is 1. The van der Waals surface area contributed by atoms with E-state index in [1.165, 1.54) is 0 Å². The van der Waals surface area contributed by atoms with Crippen LogP contribution in [0.2, 0.25) is 5.02 Å². The maximum Gasteiger partial charge on any atom is 0.223 e. The highest BCUT2D eigenvalue weighted by Crippen LogP contribution is 2.16. The predicted molar refractivity (Wildman–Crippen MR) is 74.8 cm³/mol. The van der Waals surface area contributed by atoms with Gasteiger partial charge in [-0.05, 0) is 18.1 Å². The number of nitrogens with zero attached hydrogens (tertiary/aromatic N) is 2. The summed E-state index contributed by atoms with van der Waals surface area (Å²) in [5.41, 5.74) is 1.00. The number of hydrogen-bond acceptors (Lipinski definition) is 2. The van der Waals surface area contributed by atoms with Crippen LogP contribution in [0.1, 0.15) is 17.8 Å². The van der Waals surface area contributed by atoms with Crippen molar-refractivity contribution in [2.45, 2.75) is 19.4 Å². The molecular weight excluding hydrogens is 262 g/mol. The Bertz CT molecular complexity index is 539. The number of aromatic nitrogens is 2. The zero-order chi connectivity index (χ0) is 13.7. The number of amides is 1. The molecule has 1 aromatic heterocycles. The lowest BCUT2D eigenvalue weighted by molar-refractivity contribution is -0.130. The van der Waals surface area contributed by atoms with E-state index in [9.17, 15) is 4.79 Å². The van der Waals surface area contributed by atoms with E-state index in [4.69, 9.17) is 11.6 Å².